The SMILES string of the molecule is CC(=O)Nc1ccc(C2=C(N(C)CCO)C(=O)N(C(C)C)C2=O)cc1. The van der Waals surface area contributed by atoms with E-state index in [1.807, 2.05) is 0 Å². The standard InChI is InChI=1S/C18H23N3O4/c1-11(2)21-17(24)15(16(18(21)25)20(4)9-10-22)13-5-7-14(8-6-13)19-12(3)23/h5-8,11,22H,9-10H2,1-4H3,(H,19,23). The van der Waals surface area contributed by atoms with Crippen LogP contribution in [0.15, 0.2) is 30.0 Å². The molecule has 0 radical (unpaired) electrons. The summed E-state index contributed by atoms with van der Waals surface area (Å²) in [5.74, 6) is -0.905. The van der Waals surface area contributed by atoms with E-state index in [0.717, 1.165) is 0 Å². The predicted molar refractivity (Wildman–Crippen MR) is 94.4 cm³/mol. The third-order valence-corrected chi connectivity index (χ3v) is 3.92. The van der Waals surface area contributed by atoms with Gasteiger partial charge in [-0.3, -0.25) is 19.3 Å². The Hall–Kier alpha value is -2.67. The molecule has 1 aliphatic rings. The summed E-state index contributed by atoms with van der Waals surface area (Å²) in [7, 11) is 1.67. The number of imide groups is 1. The molecule has 25 heavy (non-hydrogen) atoms. The van der Waals surface area contributed by atoms with E-state index in [0.29, 0.717) is 16.8 Å². The normalized spacial score (nSPS) is 14.6. The molecule has 0 spiro atoms. The van der Waals surface area contributed by atoms with Crippen LogP contribution in [0.25, 0.3) is 5.57 Å². The average molecular weight is 345 g/mol. The van der Waals surface area contributed by atoms with Gasteiger partial charge in [0.15, 0.2) is 0 Å². The molecule has 0 bridgehead atoms. The lowest BCUT2D eigenvalue weighted by atomic mass is 10.0. The number of nitrogens with one attached hydrogen (secondary N) is 1. The summed E-state index contributed by atoms with van der Waals surface area (Å²) in [6, 6.07) is 6.49. The third kappa shape index (κ3) is 3.71. The van der Waals surface area contributed by atoms with Gasteiger partial charge in [0.1, 0.15) is 5.70 Å². The molecule has 3 amide bonds. The molecule has 2 N–H and O–H groups in total. The van der Waals surface area contributed by atoms with E-state index in [4.69, 9.17) is 0 Å². The van der Waals surface area contributed by atoms with Gasteiger partial charge in [-0.15, -0.1) is 0 Å². The van der Waals surface area contributed by atoms with E-state index < -0.39 is 0 Å². The maximum atomic E-state index is 12.8. The summed E-state index contributed by atoms with van der Waals surface area (Å²) in [4.78, 5) is 39.5. The summed E-state index contributed by atoms with van der Waals surface area (Å²) < 4.78 is 0. The van der Waals surface area contributed by atoms with E-state index >= 15 is 0 Å². The second-order valence-electron chi connectivity index (χ2n) is 6.20. The number of aliphatic hydroxyl groups excluding tert-OH is 1. The van der Waals surface area contributed by atoms with Crippen LogP contribution in [0.3, 0.4) is 0 Å². The van der Waals surface area contributed by atoms with Crippen LogP contribution < -0.4 is 5.32 Å². The minimum absolute atomic E-state index is 0.127. The second kappa shape index (κ2) is 7.48. The Kier molecular flexibility index (Phi) is 5.58. The van der Waals surface area contributed by atoms with Gasteiger partial charge in [0.2, 0.25) is 5.91 Å². The fourth-order valence-electron chi connectivity index (χ4n) is 2.80. The van der Waals surface area contributed by atoms with Crippen molar-refractivity contribution >= 4 is 29.0 Å². The minimum atomic E-state index is -0.364. The summed E-state index contributed by atoms with van der Waals surface area (Å²) in [5, 5.41) is 11.9. The first kappa shape index (κ1) is 18.7. The van der Waals surface area contributed by atoms with Crippen molar-refractivity contribution in [3.05, 3.63) is 35.5 Å². The van der Waals surface area contributed by atoms with Crippen LogP contribution in [0.2, 0.25) is 0 Å². The quantitative estimate of drug-likeness (QED) is 0.753. The van der Waals surface area contributed by atoms with Gasteiger partial charge in [-0.05, 0) is 31.5 Å². The Morgan fingerprint density at radius 2 is 1.80 bits per heavy atom. The van der Waals surface area contributed by atoms with Gasteiger partial charge in [-0.25, -0.2) is 0 Å². The number of rotatable bonds is 6. The van der Waals surface area contributed by atoms with Crippen molar-refractivity contribution in [1.82, 2.24) is 9.80 Å². The lowest BCUT2D eigenvalue weighted by Gasteiger charge is -2.22. The molecule has 0 unspecified atom stereocenters. The molecule has 0 fully saturated rings. The highest BCUT2D eigenvalue weighted by molar-refractivity contribution is 6.35. The van der Waals surface area contributed by atoms with E-state index in [-0.39, 0.29) is 42.6 Å². The van der Waals surface area contributed by atoms with Crippen molar-refractivity contribution in [3.8, 4) is 0 Å². The number of likely N-dealkylation sites (N-methyl/N-ethyl adjacent to an activating group) is 1. The molecule has 7 heteroatoms. The summed E-state index contributed by atoms with van der Waals surface area (Å²) >= 11 is 0. The first-order chi connectivity index (χ1) is 11.8. The summed E-state index contributed by atoms with van der Waals surface area (Å²) in [6.45, 7) is 5.09. The highest BCUT2D eigenvalue weighted by Crippen LogP contribution is 2.32. The Labute approximate surface area is 146 Å². The van der Waals surface area contributed by atoms with Gasteiger partial charge in [-0.1, -0.05) is 12.1 Å². The molecule has 0 aliphatic carbocycles. The molecule has 1 aromatic carbocycles. The lowest BCUT2D eigenvalue weighted by Crippen LogP contribution is -2.39. The van der Waals surface area contributed by atoms with Gasteiger partial charge in [0.25, 0.3) is 11.8 Å². The highest BCUT2D eigenvalue weighted by Gasteiger charge is 2.41. The van der Waals surface area contributed by atoms with Gasteiger partial charge in [0.05, 0.1) is 12.2 Å². The first-order valence-electron chi connectivity index (χ1n) is 8.10. The molecule has 0 saturated heterocycles. The van der Waals surface area contributed by atoms with Crippen molar-refractivity contribution < 1.29 is 19.5 Å². The number of hydrogen-bond donors (Lipinski definition) is 2. The van der Waals surface area contributed by atoms with Gasteiger partial charge in [-0.2, -0.15) is 0 Å². The maximum Gasteiger partial charge on any atom is 0.278 e. The molecule has 1 aliphatic heterocycles. The van der Waals surface area contributed by atoms with E-state index in [9.17, 15) is 19.5 Å². The van der Waals surface area contributed by atoms with E-state index in [2.05, 4.69) is 5.32 Å². The first-order valence-corrected chi connectivity index (χ1v) is 8.10. The number of hydrogen-bond acceptors (Lipinski definition) is 5. The Morgan fingerprint density at radius 1 is 1.20 bits per heavy atom. The molecule has 0 atom stereocenters. The van der Waals surface area contributed by atoms with Gasteiger partial charge < -0.3 is 15.3 Å². The molecular formula is C18H23N3O4. The fraction of sp³-hybridized carbons (Fsp3) is 0.389. The van der Waals surface area contributed by atoms with Crippen LogP contribution in [0, 0.1) is 0 Å². The number of carbonyl (C=O) groups is 3. The largest absolute Gasteiger partial charge is 0.395 e. The summed E-state index contributed by atoms with van der Waals surface area (Å²) in [6.07, 6.45) is 0. The molecular weight excluding hydrogens is 322 g/mol. The van der Waals surface area contributed by atoms with Crippen LogP contribution in [0.4, 0.5) is 5.69 Å². The van der Waals surface area contributed by atoms with Crippen molar-refractivity contribution in [3.63, 3.8) is 0 Å². The van der Waals surface area contributed by atoms with Gasteiger partial charge >= 0.3 is 0 Å². The number of nitrogens with zero attached hydrogens (tertiary/aromatic N) is 2. The molecule has 1 aromatic rings. The molecule has 7 nitrogen and oxygen atoms in total. The van der Waals surface area contributed by atoms with Crippen LogP contribution in [-0.2, 0) is 14.4 Å². The monoisotopic (exact) mass is 345 g/mol. The zero-order valence-electron chi connectivity index (χ0n) is 14.9. The van der Waals surface area contributed by atoms with Crippen molar-refractivity contribution in [2.24, 2.45) is 0 Å². The summed E-state index contributed by atoms with van der Waals surface area (Å²) in [5.41, 5.74) is 1.79. The number of anilines is 1. The Bertz CT molecular complexity index is 722. The molecule has 2 rings (SSSR count). The maximum absolute atomic E-state index is 12.8. The molecule has 134 valence electrons. The number of carbonyl (C=O) groups excluding carboxylic acids is 3. The smallest absolute Gasteiger partial charge is 0.278 e. The van der Waals surface area contributed by atoms with E-state index in [1.165, 1.54) is 11.8 Å². The Balaban J connectivity index is 2.49. The number of amides is 3. The van der Waals surface area contributed by atoms with Crippen molar-refractivity contribution in [1.29, 1.82) is 0 Å². The van der Waals surface area contributed by atoms with Crippen LogP contribution in [0.1, 0.15) is 26.3 Å². The zero-order valence-corrected chi connectivity index (χ0v) is 14.9. The Morgan fingerprint density at radius 3 is 2.28 bits per heavy atom. The fourth-order valence-corrected chi connectivity index (χ4v) is 2.80. The topological polar surface area (TPSA) is 90.0 Å². The second-order valence-corrected chi connectivity index (χ2v) is 6.20. The van der Waals surface area contributed by atoms with E-state index in [1.54, 1.807) is 50.1 Å². The molecule has 1 heterocycles. The van der Waals surface area contributed by atoms with Crippen LogP contribution >= 0.6 is 0 Å². The predicted octanol–water partition coefficient (Wildman–Crippen LogP) is 1.06. The number of aliphatic hydroxyl groups is 1. The van der Waals surface area contributed by atoms with Gasteiger partial charge in [0, 0.05) is 32.2 Å². The van der Waals surface area contributed by atoms with Crippen molar-refractivity contribution in [2.45, 2.75) is 26.8 Å². The molecule has 0 aromatic heterocycles. The highest BCUT2D eigenvalue weighted by atomic mass is 16.3. The van der Waals surface area contributed by atoms with Crippen molar-refractivity contribution in [2.75, 3.05) is 25.5 Å². The van der Waals surface area contributed by atoms with Crippen LogP contribution in [-0.4, -0.2) is 58.9 Å². The lowest BCUT2D eigenvalue weighted by molar-refractivity contribution is -0.139. The minimum Gasteiger partial charge on any atom is -0.395 e. The van der Waals surface area contributed by atoms with Crippen LogP contribution in [0.5, 0.6) is 0 Å². The molecule has 0 saturated carbocycles. The number of benzene rings is 1. The zero-order chi connectivity index (χ0) is 18.7. The average Bonchev–Trinajstić information content (AvgIpc) is 2.78. The third-order valence-electron chi connectivity index (χ3n) is 3.92.